The van der Waals surface area contributed by atoms with Gasteiger partial charge in [-0.05, 0) is 29.0 Å². The first-order valence-corrected chi connectivity index (χ1v) is 7.01. The summed E-state index contributed by atoms with van der Waals surface area (Å²) in [6.07, 6.45) is 0.544. The molecule has 108 valence electrons. The zero-order chi connectivity index (χ0) is 15.4. The summed E-state index contributed by atoms with van der Waals surface area (Å²) in [4.78, 5) is 12.7. The molecule has 3 rings (SSSR count). The minimum Gasteiger partial charge on any atom is -0.507 e. The van der Waals surface area contributed by atoms with Gasteiger partial charge in [-0.1, -0.05) is 45.0 Å². The number of phenolic OH excluding ortho intramolecular Hbond substituents is 2. The molecule has 0 aromatic heterocycles. The molecule has 2 N–H and O–H groups in total. The summed E-state index contributed by atoms with van der Waals surface area (Å²) in [6.45, 7) is 5.98. The van der Waals surface area contributed by atoms with E-state index in [9.17, 15) is 15.0 Å². The summed E-state index contributed by atoms with van der Waals surface area (Å²) in [5.74, 6) is -0.282. The molecule has 0 amide bonds. The summed E-state index contributed by atoms with van der Waals surface area (Å²) in [6, 6.07) is 8.86. The van der Waals surface area contributed by atoms with Crippen molar-refractivity contribution in [3.63, 3.8) is 0 Å². The normalized spacial score (nSPS) is 13.8. The second-order valence-electron chi connectivity index (χ2n) is 6.56. The lowest BCUT2D eigenvalue weighted by atomic mass is 9.78. The van der Waals surface area contributed by atoms with Gasteiger partial charge in [0.15, 0.2) is 0 Å². The average molecular weight is 282 g/mol. The first kappa shape index (κ1) is 13.7. The lowest BCUT2D eigenvalue weighted by Crippen LogP contribution is -2.19. The van der Waals surface area contributed by atoms with Crippen LogP contribution in [0.4, 0.5) is 0 Å². The number of aromatic hydroxyl groups is 2. The number of ketones is 1. The molecule has 0 saturated carbocycles. The van der Waals surface area contributed by atoms with E-state index in [1.165, 1.54) is 6.07 Å². The quantitative estimate of drug-likeness (QED) is 0.663. The van der Waals surface area contributed by atoms with Crippen LogP contribution in [0, 0.1) is 0 Å². The van der Waals surface area contributed by atoms with Crippen LogP contribution in [0.25, 0.3) is 0 Å². The van der Waals surface area contributed by atoms with E-state index in [0.717, 1.165) is 16.7 Å². The van der Waals surface area contributed by atoms with Crippen LogP contribution in [0.3, 0.4) is 0 Å². The first-order chi connectivity index (χ1) is 9.80. The van der Waals surface area contributed by atoms with E-state index >= 15 is 0 Å². The molecule has 0 radical (unpaired) electrons. The summed E-state index contributed by atoms with van der Waals surface area (Å²) in [5.41, 5.74) is 2.74. The zero-order valence-corrected chi connectivity index (χ0v) is 12.4. The molecule has 0 spiro atoms. The molecule has 0 atom stereocenters. The van der Waals surface area contributed by atoms with Crippen molar-refractivity contribution < 1.29 is 15.0 Å². The maximum Gasteiger partial charge on any atom is 0.201 e. The average Bonchev–Trinajstić information content (AvgIpc) is 2.37. The first-order valence-electron chi connectivity index (χ1n) is 7.01. The molecule has 1 aliphatic carbocycles. The number of hydrogen-bond donors (Lipinski definition) is 2. The minimum atomic E-state index is -0.298. The van der Waals surface area contributed by atoms with E-state index in [1.54, 1.807) is 6.07 Å². The van der Waals surface area contributed by atoms with Crippen LogP contribution in [-0.2, 0) is 11.8 Å². The molecule has 3 heteroatoms. The van der Waals surface area contributed by atoms with Crippen molar-refractivity contribution in [3.8, 4) is 11.5 Å². The van der Waals surface area contributed by atoms with Crippen LogP contribution < -0.4 is 0 Å². The highest BCUT2D eigenvalue weighted by molar-refractivity contribution is 6.15. The molecule has 21 heavy (non-hydrogen) atoms. The van der Waals surface area contributed by atoms with Gasteiger partial charge in [0.1, 0.15) is 11.5 Å². The summed E-state index contributed by atoms with van der Waals surface area (Å²) in [5, 5.41) is 20.5. The van der Waals surface area contributed by atoms with E-state index in [0.29, 0.717) is 17.5 Å². The molecule has 0 heterocycles. The SMILES string of the molecule is CC(C)(C)c1ccc2c(c1O)C(=O)c1c(O)cccc1C2. The van der Waals surface area contributed by atoms with Crippen molar-refractivity contribution in [2.45, 2.75) is 32.6 Å². The Bertz CT molecular complexity index is 752. The highest BCUT2D eigenvalue weighted by Crippen LogP contribution is 2.41. The van der Waals surface area contributed by atoms with Gasteiger partial charge in [-0.25, -0.2) is 0 Å². The Morgan fingerprint density at radius 2 is 1.62 bits per heavy atom. The number of carbonyl (C=O) groups excluding carboxylic acids is 1. The Morgan fingerprint density at radius 3 is 2.29 bits per heavy atom. The van der Waals surface area contributed by atoms with Crippen LogP contribution in [0.2, 0.25) is 0 Å². The van der Waals surface area contributed by atoms with Crippen molar-refractivity contribution >= 4 is 5.78 Å². The maximum atomic E-state index is 12.7. The number of rotatable bonds is 0. The number of phenols is 2. The largest absolute Gasteiger partial charge is 0.507 e. The lowest BCUT2D eigenvalue weighted by Gasteiger charge is -2.26. The van der Waals surface area contributed by atoms with Gasteiger partial charge in [0.05, 0.1) is 11.1 Å². The minimum absolute atomic E-state index is 0.0243. The Hall–Kier alpha value is -2.29. The molecular formula is C18H18O3. The van der Waals surface area contributed by atoms with Crippen LogP contribution >= 0.6 is 0 Å². The zero-order valence-electron chi connectivity index (χ0n) is 12.4. The van der Waals surface area contributed by atoms with E-state index < -0.39 is 0 Å². The fraction of sp³-hybridized carbons (Fsp3) is 0.278. The van der Waals surface area contributed by atoms with Crippen molar-refractivity contribution in [1.29, 1.82) is 0 Å². The fourth-order valence-corrected chi connectivity index (χ4v) is 2.97. The van der Waals surface area contributed by atoms with Crippen molar-refractivity contribution in [2.75, 3.05) is 0 Å². The predicted molar refractivity (Wildman–Crippen MR) is 81.2 cm³/mol. The Balaban J connectivity index is 2.25. The molecular weight excluding hydrogens is 264 g/mol. The second kappa shape index (κ2) is 4.35. The monoisotopic (exact) mass is 282 g/mol. The Labute approximate surface area is 123 Å². The van der Waals surface area contributed by atoms with E-state index in [-0.39, 0.29) is 22.7 Å². The number of fused-ring (bicyclic) bond motifs is 2. The molecule has 2 aromatic carbocycles. The highest BCUT2D eigenvalue weighted by atomic mass is 16.3. The van der Waals surface area contributed by atoms with Crippen LogP contribution in [0.1, 0.15) is 53.4 Å². The summed E-state index contributed by atoms with van der Waals surface area (Å²) >= 11 is 0. The van der Waals surface area contributed by atoms with Gasteiger partial charge < -0.3 is 10.2 Å². The highest BCUT2D eigenvalue weighted by Gasteiger charge is 2.31. The van der Waals surface area contributed by atoms with Crippen LogP contribution in [0.5, 0.6) is 11.5 Å². The third-order valence-electron chi connectivity index (χ3n) is 4.04. The number of hydrogen-bond acceptors (Lipinski definition) is 3. The van der Waals surface area contributed by atoms with Gasteiger partial charge in [-0.15, -0.1) is 0 Å². The van der Waals surface area contributed by atoms with Gasteiger partial charge in [0, 0.05) is 5.56 Å². The Morgan fingerprint density at radius 1 is 0.952 bits per heavy atom. The van der Waals surface area contributed by atoms with Crippen LogP contribution in [0.15, 0.2) is 30.3 Å². The lowest BCUT2D eigenvalue weighted by molar-refractivity contribution is 0.102. The van der Waals surface area contributed by atoms with E-state index in [4.69, 9.17) is 0 Å². The molecule has 0 bridgehead atoms. The van der Waals surface area contributed by atoms with Gasteiger partial charge in [0.25, 0.3) is 0 Å². The molecule has 0 saturated heterocycles. The van der Waals surface area contributed by atoms with E-state index in [2.05, 4.69) is 0 Å². The van der Waals surface area contributed by atoms with Crippen LogP contribution in [-0.4, -0.2) is 16.0 Å². The maximum absolute atomic E-state index is 12.7. The summed E-state index contributed by atoms with van der Waals surface area (Å²) < 4.78 is 0. The van der Waals surface area contributed by atoms with Gasteiger partial charge in [-0.2, -0.15) is 0 Å². The third-order valence-corrected chi connectivity index (χ3v) is 4.04. The van der Waals surface area contributed by atoms with Crippen molar-refractivity contribution in [2.24, 2.45) is 0 Å². The van der Waals surface area contributed by atoms with Gasteiger partial charge >= 0.3 is 0 Å². The molecule has 3 nitrogen and oxygen atoms in total. The number of carbonyl (C=O) groups is 1. The number of benzene rings is 2. The topological polar surface area (TPSA) is 57.5 Å². The molecule has 1 aliphatic rings. The Kier molecular flexibility index (Phi) is 2.84. The molecule has 0 aliphatic heterocycles. The van der Waals surface area contributed by atoms with E-state index in [1.807, 2.05) is 39.0 Å². The summed E-state index contributed by atoms with van der Waals surface area (Å²) in [7, 11) is 0. The third kappa shape index (κ3) is 2.00. The molecule has 0 fully saturated rings. The van der Waals surface area contributed by atoms with Gasteiger partial charge in [0.2, 0.25) is 5.78 Å². The standard InChI is InChI=1S/C18H18O3/c1-18(2,3)12-8-7-11-9-10-5-4-6-13(19)14(10)17(21)15(11)16(12)20/h4-8,19-20H,9H2,1-3H3. The van der Waals surface area contributed by atoms with Gasteiger partial charge in [-0.3, -0.25) is 4.79 Å². The van der Waals surface area contributed by atoms with Crippen molar-refractivity contribution in [3.05, 3.63) is 58.1 Å². The second-order valence-corrected chi connectivity index (χ2v) is 6.56. The predicted octanol–water partition coefficient (Wildman–Crippen LogP) is 3.53. The fourth-order valence-electron chi connectivity index (χ4n) is 2.97. The molecule has 2 aromatic rings. The van der Waals surface area contributed by atoms with Crippen molar-refractivity contribution in [1.82, 2.24) is 0 Å². The smallest absolute Gasteiger partial charge is 0.201 e. The molecule has 0 unspecified atom stereocenters.